The van der Waals surface area contributed by atoms with Crippen LogP contribution >= 0.6 is 0 Å². The number of benzene rings is 1. The molecule has 0 aliphatic rings. The third-order valence-corrected chi connectivity index (χ3v) is 4.76. The van der Waals surface area contributed by atoms with E-state index in [4.69, 9.17) is 10.7 Å². The fourth-order valence-electron chi connectivity index (χ4n) is 3.12. The minimum absolute atomic E-state index is 0.0854. The Morgan fingerprint density at radius 3 is 2.38 bits per heavy atom. The predicted octanol–water partition coefficient (Wildman–Crippen LogP) is 3.57. The number of fused-ring (bicyclic) bond motifs is 1. The molecule has 0 saturated carbocycles. The summed E-state index contributed by atoms with van der Waals surface area (Å²) in [5.74, 6) is 0. The molecule has 114 valence electrons. The first-order chi connectivity index (χ1) is 10.2. The maximum Gasteiger partial charge on any atom is 0.0705 e. The Morgan fingerprint density at radius 1 is 1.05 bits per heavy atom. The molecule has 2 N–H and O–H groups in total. The number of pyridine rings is 1. The van der Waals surface area contributed by atoms with Gasteiger partial charge in [0.2, 0.25) is 0 Å². The molecule has 2 rings (SSSR count). The van der Waals surface area contributed by atoms with E-state index in [1.165, 1.54) is 5.39 Å². The number of para-hydroxylation sites is 1. The maximum atomic E-state index is 6.09. The van der Waals surface area contributed by atoms with Gasteiger partial charge in [-0.1, -0.05) is 45.0 Å². The number of hydrogen-bond acceptors (Lipinski definition) is 3. The molecule has 2 aromatic rings. The molecule has 1 heterocycles. The second-order valence-corrected chi connectivity index (χ2v) is 5.65. The van der Waals surface area contributed by atoms with Crippen molar-refractivity contribution in [3.63, 3.8) is 0 Å². The maximum absolute atomic E-state index is 6.09. The summed E-state index contributed by atoms with van der Waals surface area (Å²) in [5, 5.41) is 1.19. The number of rotatable bonds is 7. The Labute approximate surface area is 128 Å². The molecule has 0 aliphatic carbocycles. The van der Waals surface area contributed by atoms with Gasteiger partial charge in [0.15, 0.2) is 0 Å². The fraction of sp³-hybridized carbons (Fsp3) is 0.500. The lowest BCUT2D eigenvalue weighted by molar-refractivity contribution is 0.0816. The molecule has 3 heteroatoms. The Kier molecular flexibility index (Phi) is 5.32. The largest absolute Gasteiger partial charge is 0.329 e. The number of hydrogen-bond donors (Lipinski definition) is 1. The molecule has 0 fully saturated rings. The molecule has 0 saturated heterocycles. The van der Waals surface area contributed by atoms with Gasteiger partial charge >= 0.3 is 0 Å². The van der Waals surface area contributed by atoms with Gasteiger partial charge in [-0.15, -0.1) is 0 Å². The third kappa shape index (κ3) is 3.25. The molecule has 1 aromatic carbocycles. The first-order valence-corrected chi connectivity index (χ1v) is 7.99. The lowest BCUT2D eigenvalue weighted by Crippen LogP contribution is -2.52. The van der Waals surface area contributed by atoms with E-state index >= 15 is 0 Å². The first kappa shape index (κ1) is 15.9. The fourth-order valence-corrected chi connectivity index (χ4v) is 3.12. The van der Waals surface area contributed by atoms with Gasteiger partial charge in [0.1, 0.15) is 0 Å². The van der Waals surface area contributed by atoms with E-state index in [0.29, 0.717) is 6.54 Å². The zero-order chi connectivity index (χ0) is 15.3. The van der Waals surface area contributed by atoms with Crippen LogP contribution in [-0.2, 0) is 6.54 Å². The Bertz CT molecular complexity index is 567. The van der Waals surface area contributed by atoms with Gasteiger partial charge in [-0.3, -0.25) is 9.88 Å². The van der Waals surface area contributed by atoms with E-state index in [2.05, 4.69) is 56.0 Å². The van der Waals surface area contributed by atoms with E-state index < -0.39 is 0 Å². The number of nitrogens with zero attached hydrogens (tertiary/aromatic N) is 2. The summed E-state index contributed by atoms with van der Waals surface area (Å²) in [5.41, 5.74) is 8.36. The van der Waals surface area contributed by atoms with Gasteiger partial charge < -0.3 is 5.73 Å². The molecule has 3 nitrogen and oxygen atoms in total. The van der Waals surface area contributed by atoms with Crippen LogP contribution in [0, 0.1) is 0 Å². The summed E-state index contributed by atoms with van der Waals surface area (Å²) in [6, 6.07) is 12.6. The Morgan fingerprint density at radius 2 is 1.76 bits per heavy atom. The van der Waals surface area contributed by atoms with E-state index in [0.717, 1.165) is 37.1 Å². The van der Waals surface area contributed by atoms with Gasteiger partial charge in [-0.25, -0.2) is 0 Å². The SMILES string of the molecule is CCN(Cc1ccc2ccccc2n1)C(CC)(CC)CN. The highest BCUT2D eigenvalue weighted by Gasteiger charge is 2.31. The molecule has 21 heavy (non-hydrogen) atoms. The van der Waals surface area contributed by atoms with Crippen molar-refractivity contribution in [3.05, 3.63) is 42.1 Å². The predicted molar refractivity (Wildman–Crippen MR) is 90.2 cm³/mol. The van der Waals surface area contributed by atoms with Gasteiger partial charge in [-0.05, 0) is 31.5 Å². The van der Waals surface area contributed by atoms with Gasteiger partial charge in [-0.2, -0.15) is 0 Å². The minimum atomic E-state index is 0.0854. The van der Waals surface area contributed by atoms with Gasteiger partial charge in [0.05, 0.1) is 11.2 Å². The molecule has 0 amide bonds. The van der Waals surface area contributed by atoms with Crippen LogP contribution in [0.5, 0.6) is 0 Å². The zero-order valence-corrected chi connectivity index (χ0v) is 13.5. The van der Waals surface area contributed by atoms with E-state index in [1.54, 1.807) is 0 Å². The topological polar surface area (TPSA) is 42.2 Å². The van der Waals surface area contributed by atoms with Crippen LogP contribution in [0.3, 0.4) is 0 Å². The first-order valence-electron chi connectivity index (χ1n) is 7.99. The number of aromatic nitrogens is 1. The van der Waals surface area contributed by atoms with Crippen molar-refractivity contribution in [2.75, 3.05) is 13.1 Å². The molecule has 1 aromatic heterocycles. The second kappa shape index (κ2) is 7.01. The van der Waals surface area contributed by atoms with E-state index in [1.807, 2.05) is 6.07 Å². The minimum Gasteiger partial charge on any atom is -0.329 e. The van der Waals surface area contributed by atoms with Crippen molar-refractivity contribution in [1.82, 2.24) is 9.88 Å². The molecular weight excluding hydrogens is 258 g/mol. The summed E-state index contributed by atoms with van der Waals surface area (Å²) in [6.07, 6.45) is 2.14. The number of likely N-dealkylation sites (N-methyl/N-ethyl adjacent to an activating group) is 1. The standard InChI is InChI=1S/C18H27N3/c1-4-18(5-2,14-19)21(6-3)13-16-12-11-15-9-7-8-10-17(15)20-16/h7-12H,4-6,13-14,19H2,1-3H3. The van der Waals surface area contributed by atoms with Gasteiger partial charge in [0, 0.05) is 24.0 Å². The summed E-state index contributed by atoms with van der Waals surface area (Å²) in [6.45, 7) is 9.21. The molecule has 0 unspecified atom stereocenters. The average molecular weight is 285 g/mol. The monoisotopic (exact) mass is 285 g/mol. The lowest BCUT2D eigenvalue weighted by Gasteiger charge is -2.42. The summed E-state index contributed by atoms with van der Waals surface area (Å²) in [7, 11) is 0. The Hall–Kier alpha value is -1.45. The van der Waals surface area contributed by atoms with E-state index in [9.17, 15) is 0 Å². The van der Waals surface area contributed by atoms with Gasteiger partial charge in [0.25, 0.3) is 0 Å². The van der Waals surface area contributed by atoms with Crippen LogP contribution in [0.1, 0.15) is 39.3 Å². The Balaban J connectivity index is 2.27. The van der Waals surface area contributed by atoms with Crippen LogP contribution in [0.2, 0.25) is 0 Å². The lowest BCUT2D eigenvalue weighted by atomic mass is 9.90. The smallest absolute Gasteiger partial charge is 0.0705 e. The third-order valence-electron chi connectivity index (χ3n) is 4.76. The van der Waals surface area contributed by atoms with Crippen molar-refractivity contribution in [1.29, 1.82) is 0 Å². The summed E-state index contributed by atoms with van der Waals surface area (Å²) >= 11 is 0. The van der Waals surface area contributed by atoms with Crippen molar-refractivity contribution >= 4 is 10.9 Å². The zero-order valence-electron chi connectivity index (χ0n) is 13.5. The van der Waals surface area contributed by atoms with Crippen LogP contribution in [0.25, 0.3) is 10.9 Å². The van der Waals surface area contributed by atoms with Crippen molar-refractivity contribution in [3.8, 4) is 0 Å². The second-order valence-electron chi connectivity index (χ2n) is 5.65. The molecule has 0 spiro atoms. The molecule has 0 bridgehead atoms. The normalized spacial score (nSPS) is 12.2. The highest BCUT2D eigenvalue weighted by molar-refractivity contribution is 5.78. The quantitative estimate of drug-likeness (QED) is 0.845. The summed E-state index contributed by atoms with van der Waals surface area (Å²) < 4.78 is 0. The van der Waals surface area contributed by atoms with E-state index in [-0.39, 0.29) is 5.54 Å². The van der Waals surface area contributed by atoms with Crippen LogP contribution in [0.4, 0.5) is 0 Å². The van der Waals surface area contributed by atoms with Crippen LogP contribution in [0.15, 0.2) is 36.4 Å². The summed E-state index contributed by atoms with van der Waals surface area (Å²) in [4.78, 5) is 7.27. The molecule has 0 atom stereocenters. The average Bonchev–Trinajstić information content (AvgIpc) is 2.55. The van der Waals surface area contributed by atoms with Crippen molar-refractivity contribution in [2.45, 2.75) is 45.7 Å². The highest BCUT2D eigenvalue weighted by Crippen LogP contribution is 2.25. The molecule has 0 radical (unpaired) electrons. The van der Waals surface area contributed by atoms with Crippen molar-refractivity contribution in [2.24, 2.45) is 5.73 Å². The molecule has 0 aliphatic heterocycles. The highest BCUT2D eigenvalue weighted by atomic mass is 15.2. The van der Waals surface area contributed by atoms with Crippen LogP contribution < -0.4 is 5.73 Å². The molecular formula is C18H27N3. The van der Waals surface area contributed by atoms with Crippen LogP contribution in [-0.4, -0.2) is 28.5 Å². The van der Waals surface area contributed by atoms with Crippen molar-refractivity contribution < 1.29 is 0 Å². The number of nitrogens with two attached hydrogens (primary N) is 1.